The number of phenols is 1. The summed E-state index contributed by atoms with van der Waals surface area (Å²) in [5.74, 6) is 1.19. The summed E-state index contributed by atoms with van der Waals surface area (Å²) in [6, 6.07) is 23.1. The molecule has 1 N–H and O–H groups in total. The fraction of sp³-hybridized carbons (Fsp3) is 0.542. The highest BCUT2D eigenvalue weighted by atomic mass is 16.6. The van der Waals surface area contributed by atoms with Crippen molar-refractivity contribution in [2.45, 2.75) is 140 Å². The highest BCUT2D eigenvalue weighted by Gasteiger charge is 2.67. The van der Waals surface area contributed by atoms with Crippen LogP contribution in [0.4, 0.5) is 0 Å². The number of esters is 1. The van der Waals surface area contributed by atoms with Gasteiger partial charge in [-0.1, -0.05) is 105 Å². The van der Waals surface area contributed by atoms with E-state index in [9.17, 15) is 14.7 Å². The number of hydrogen-bond donors (Lipinski definition) is 1. The maximum Gasteiger partial charge on any atom is 0.308 e. The summed E-state index contributed by atoms with van der Waals surface area (Å²) in [5, 5.41) is 11.5. The quantitative estimate of drug-likeness (QED) is 0.0537. The summed E-state index contributed by atoms with van der Waals surface area (Å²) in [5.41, 5.74) is 4.36. The predicted octanol–water partition coefficient (Wildman–Crippen LogP) is 9.52. The molecule has 1 saturated heterocycles. The maximum absolute atomic E-state index is 14.5. The lowest BCUT2D eigenvalue weighted by Gasteiger charge is -2.60. The molecular formula is C48H62N2O5. The van der Waals surface area contributed by atoms with Crippen molar-refractivity contribution >= 4 is 11.9 Å². The van der Waals surface area contributed by atoms with Crippen LogP contribution in [0.2, 0.25) is 0 Å². The molecule has 1 spiro atoms. The number of hydrogen-bond acceptors (Lipinski definition) is 6. The summed E-state index contributed by atoms with van der Waals surface area (Å²) in [7, 11) is 0. The Morgan fingerprint density at radius 1 is 0.909 bits per heavy atom. The van der Waals surface area contributed by atoms with Crippen LogP contribution in [0.5, 0.6) is 17.2 Å². The molecule has 7 nitrogen and oxygen atoms in total. The monoisotopic (exact) mass is 746 g/mol. The topological polar surface area (TPSA) is 79.3 Å². The molecule has 2 aliphatic carbocycles. The van der Waals surface area contributed by atoms with Gasteiger partial charge in [-0.3, -0.25) is 14.5 Å². The average molecular weight is 747 g/mol. The zero-order valence-corrected chi connectivity index (χ0v) is 33.1. The van der Waals surface area contributed by atoms with Crippen LogP contribution in [0.1, 0.15) is 119 Å². The van der Waals surface area contributed by atoms with Gasteiger partial charge in [-0.2, -0.15) is 0 Å². The average Bonchev–Trinajstić information content (AvgIpc) is 3.53. The van der Waals surface area contributed by atoms with Gasteiger partial charge < -0.3 is 19.5 Å². The molecule has 0 aromatic heterocycles. The normalized spacial score (nSPS) is 23.4. The van der Waals surface area contributed by atoms with Gasteiger partial charge in [-0.15, -0.1) is 6.58 Å². The number of aromatic hydroxyl groups is 1. The summed E-state index contributed by atoms with van der Waals surface area (Å²) in [6.45, 7) is 7.86. The summed E-state index contributed by atoms with van der Waals surface area (Å²) < 4.78 is 12.8. The van der Waals surface area contributed by atoms with Gasteiger partial charge in [-0.25, -0.2) is 0 Å². The number of aryl methyl sites for hydroxylation is 2. The molecule has 55 heavy (non-hydrogen) atoms. The number of rotatable bonds is 20. The third-order valence-corrected chi connectivity index (χ3v) is 13.2. The second-order valence-corrected chi connectivity index (χ2v) is 16.6. The lowest BCUT2D eigenvalue weighted by atomic mass is 9.50. The Labute approximate surface area is 329 Å². The van der Waals surface area contributed by atoms with E-state index in [1.165, 1.54) is 56.6 Å². The fourth-order valence-corrected chi connectivity index (χ4v) is 10.8. The van der Waals surface area contributed by atoms with E-state index in [1.807, 2.05) is 6.08 Å². The van der Waals surface area contributed by atoms with Crippen LogP contribution < -0.4 is 9.47 Å². The molecule has 4 aliphatic rings. The molecule has 1 saturated carbocycles. The molecular weight excluding hydrogens is 685 g/mol. The molecule has 294 valence electrons. The molecule has 3 aromatic carbocycles. The third-order valence-electron chi connectivity index (χ3n) is 13.2. The molecule has 2 fully saturated rings. The van der Waals surface area contributed by atoms with E-state index in [0.717, 1.165) is 88.4 Å². The standard InChI is InChI=1S/C48H62N2O5/c1-3-30-49-32-29-48-39-27-28-40(47(48)55-46-43(54-35(2)51)34-42(52)38(45(46)48)33-41(39)49)50(31-19-18-25-37-23-15-11-16-24-37)44(53)26-17-9-7-5-4-6-8-12-20-36-21-13-10-14-22-36/h3,10-11,13-16,21-24,34,39-41,47,52H,1,4-9,12,17-20,25-33H2,2H3/t39-,40+,41+,47-,48-/m0/s1. The third kappa shape index (κ3) is 8.52. The zero-order chi connectivity index (χ0) is 38.2. The highest BCUT2D eigenvalue weighted by molar-refractivity contribution is 5.77. The number of nitrogens with zero attached hydrogens (tertiary/aromatic N) is 2. The Morgan fingerprint density at radius 2 is 1.55 bits per heavy atom. The molecule has 1 amide bonds. The number of carbonyl (C=O) groups is 2. The van der Waals surface area contributed by atoms with Gasteiger partial charge in [0.25, 0.3) is 0 Å². The summed E-state index contributed by atoms with van der Waals surface area (Å²) in [4.78, 5) is 31.5. The predicted molar refractivity (Wildman–Crippen MR) is 219 cm³/mol. The van der Waals surface area contributed by atoms with Crippen LogP contribution in [0, 0.1) is 5.92 Å². The van der Waals surface area contributed by atoms with Crippen molar-refractivity contribution < 1.29 is 24.2 Å². The van der Waals surface area contributed by atoms with E-state index in [0.29, 0.717) is 30.4 Å². The van der Waals surface area contributed by atoms with Crippen LogP contribution in [0.3, 0.4) is 0 Å². The van der Waals surface area contributed by atoms with Crippen LogP contribution in [0.15, 0.2) is 79.4 Å². The van der Waals surface area contributed by atoms with E-state index in [-0.39, 0.29) is 35.3 Å². The van der Waals surface area contributed by atoms with E-state index in [1.54, 1.807) is 6.07 Å². The highest BCUT2D eigenvalue weighted by Crippen LogP contribution is 2.65. The summed E-state index contributed by atoms with van der Waals surface area (Å²) >= 11 is 0. The maximum atomic E-state index is 14.5. The SMILES string of the molecule is C=CCN1CC[C@]23c4c5c(O)cc(OC(C)=O)c4O[C@H]2[C@H](N(CCCCc2ccccc2)C(=O)CCCCCCCCCCc2ccccc2)CC[C@H]3[C@H]1C5. The molecule has 7 heteroatoms. The van der Waals surface area contributed by atoms with Crippen LogP contribution in [-0.2, 0) is 34.3 Å². The Balaban J connectivity index is 1.04. The van der Waals surface area contributed by atoms with Gasteiger partial charge in [0.05, 0.1) is 6.04 Å². The van der Waals surface area contributed by atoms with Gasteiger partial charge in [0.1, 0.15) is 11.9 Å². The lowest BCUT2D eigenvalue weighted by Crippen LogP contribution is -2.69. The molecule has 5 atom stereocenters. The van der Waals surface area contributed by atoms with E-state index in [2.05, 4.69) is 77.0 Å². The van der Waals surface area contributed by atoms with Crippen molar-refractivity contribution in [3.63, 3.8) is 0 Å². The molecule has 0 radical (unpaired) electrons. The van der Waals surface area contributed by atoms with Crippen molar-refractivity contribution in [1.29, 1.82) is 0 Å². The Bertz CT molecular complexity index is 1760. The Hall–Kier alpha value is -4.10. The smallest absolute Gasteiger partial charge is 0.308 e. The number of amides is 1. The second-order valence-electron chi connectivity index (χ2n) is 16.6. The van der Waals surface area contributed by atoms with Crippen molar-refractivity contribution in [2.24, 2.45) is 5.92 Å². The number of phenolic OH excluding ortho intramolecular Hbond substituents is 1. The van der Waals surface area contributed by atoms with Crippen molar-refractivity contribution in [3.8, 4) is 17.2 Å². The number of unbranched alkanes of at least 4 members (excludes halogenated alkanes) is 8. The second kappa shape index (κ2) is 18.2. The molecule has 0 unspecified atom stereocenters. The first-order valence-electron chi connectivity index (χ1n) is 21.4. The molecule has 3 aromatic rings. The number of likely N-dealkylation sites (tertiary alicyclic amines) is 1. The minimum atomic E-state index is -0.438. The first-order chi connectivity index (χ1) is 26.9. The Morgan fingerprint density at radius 3 is 2.20 bits per heavy atom. The number of benzene rings is 3. The van der Waals surface area contributed by atoms with Gasteiger partial charge in [0.2, 0.25) is 5.91 Å². The minimum absolute atomic E-state index is 0.0892. The van der Waals surface area contributed by atoms with Crippen LogP contribution >= 0.6 is 0 Å². The van der Waals surface area contributed by atoms with Gasteiger partial charge >= 0.3 is 5.97 Å². The molecule has 2 aliphatic heterocycles. The van der Waals surface area contributed by atoms with E-state index >= 15 is 0 Å². The van der Waals surface area contributed by atoms with Crippen LogP contribution in [-0.4, -0.2) is 64.6 Å². The van der Waals surface area contributed by atoms with E-state index < -0.39 is 5.97 Å². The van der Waals surface area contributed by atoms with Gasteiger partial charge in [-0.05, 0) is 87.8 Å². The minimum Gasteiger partial charge on any atom is -0.508 e. The molecule has 2 bridgehead atoms. The van der Waals surface area contributed by atoms with E-state index in [4.69, 9.17) is 9.47 Å². The van der Waals surface area contributed by atoms with Crippen molar-refractivity contribution in [3.05, 3.63) is 102 Å². The van der Waals surface area contributed by atoms with Gasteiger partial charge in [0, 0.05) is 55.1 Å². The Kier molecular flexibility index (Phi) is 13.0. The number of piperidine rings is 1. The van der Waals surface area contributed by atoms with Crippen molar-refractivity contribution in [2.75, 3.05) is 19.6 Å². The number of carbonyl (C=O) groups excluding carboxylic acids is 2. The lowest BCUT2D eigenvalue weighted by molar-refractivity contribution is -0.142. The largest absolute Gasteiger partial charge is 0.508 e. The summed E-state index contributed by atoms with van der Waals surface area (Å²) in [6.07, 6.45) is 19.3. The number of ether oxygens (including phenoxy) is 2. The first kappa shape index (κ1) is 39.1. The zero-order valence-electron chi connectivity index (χ0n) is 33.1. The van der Waals surface area contributed by atoms with Gasteiger partial charge in [0.15, 0.2) is 11.5 Å². The molecule has 7 rings (SSSR count). The first-order valence-corrected chi connectivity index (χ1v) is 21.4. The van der Waals surface area contributed by atoms with Crippen molar-refractivity contribution in [1.82, 2.24) is 9.80 Å². The fourth-order valence-electron chi connectivity index (χ4n) is 10.8. The van der Waals surface area contributed by atoms with Crippen LogP contribution in [0.25, 0.3) is 0 Å². The molecule has 2 heterocycles.